The van der Waals surface area contributed by atoms with E-state index < -0.39 is 6.04 Å². The highest BCUT2D eigenvalue weighted by Gasteiger charge is 2.31. The van der Waals surface area contributed by atoms with Gasteiger partial charge in [0.1, 0.15) is 11.8 Å². The van der Waals surface area contributed by atoms with Crippen molar-refractivity contribution >= 4 is 28.1 Å². The number of esters is 1. The number of carbonyl (C=O) groups is 3. The molecule has 0 spiro atoms. The molecule has 1 atom stereocenters. The molecule has 134 valence electrons. The van der Waals surface area contributed by atoms with Gasteiger partial charge < -0.3 is 10.1 Å². The van der Waals surface area contributed by atoms with Crippen molar-refractivity contribution in [3.8, 4) is 5.75 Å². The van der Waals surface area contributed by atoms with Gasteiger partial charge in [-0.25, -0.2) is 0 Å². The summed E-state index contributed by atoms with van der Waals surface area (Å²) < 4.78 is 5.32. The second-order valence-electron chi connectivity index (χ2n) is 5.92. The average molecular weight is 370 g/mol. The van der Waals surface area contributed by atoms with E-state index in [1.807, 2.05) is 19.1 Å². The minimum atomic E-state index is -0.502. The molecule has 6 nitrogen and oxygen atoms in total. The molecular weight excluding hydrogens is 352 g/mol. The minimum Gasteiger partial charge on any atom is -0.426 e. The number of nitrogens with zero attached hydrogens (tertiary/aromatic N) is 1. The zero-order valence-corrected chi connectivity index (χ0v) is 15.0. The van der Waals surface area contributed by atoms with E-state index in [-0.39, 0.29) is 22.7 Å². The highest BCUT2D eigenvalue weighted by molar-refractivity contribution is 8.26. The summed E-state index contributed by atoms with van der Waals surface area (Å²) in [4.78, 5) is 39.1. The summed E-state index contributed by atoms with van der Waals surface area (Å²) in [6.07, 6.45) is 3.18. The largest absolute Gasteiger partial charge is 0.426 e. The van der Waals surface area contributed by atoms with Crippen LogP contribution in [0.5, 0.6) is 5.75 Å². The molecule has 2 aromatic rings. The van der Waals surface area contributed by atoms with E-state index in [0.29, 0.717) is 29.6 Å². The third-order valence-corrected chi connectivity index (χ3v) is 4.77. The standard InChI is InChI=1S/C19H18N2O4S/c1-2-12-3-6-14(20-11-12)10-17(22)25-15-7-4-13(5-8-15)9-16-18(23)26-19(24)21-16/h3-8,11,16H,2,9-10H2,1H3,(H,21,24). The third kappa shape index (κ3) is 4.70. The monoisotopic (exact) mass is 370 g/mol. The van der Waals surface area contributed by atoms with E-state index in [2.05, 4.69) is 10.3 Å². The lowest BCUT2D eigenvalue weighted by Crippen LogP contribution is -2.30. The van der Waals surface area contributed by atoms with E-state index in [4.69, 9.17) is 4.74 Å². The van der Waals surface area contributed by atoms with Gasteiger partial charge in [-0.3, -0.25) is 19.4 Å². The maximum atomic E-state index is 12.0. The number of aryl methyl sites for hydroxylation is 1. The lowest BCUT2D eigenvalue weighted by Gasteiger charge is -2.09. The zero-order valence-electron chi connectivity index (χ0n) is 14.2. The van der Waals surface area contributed by atoms with Crippen molar-refractivity contribution in [2.45, 2.75) is 32.2 Å². The molecule has 1 saturated heterocycles. The van der Waals surface area contributed by atoms with E-state index in [9.17, 15) is 14.4 Å². The van der Waals surface area contributed by atoms with Gasteiger partial charge in [0.15, 0.2) is 0 Å². The molecule has 0 aliphatic carbocycles. The Balaban J connectivity index is 1.54. The Morgan fingerprint density at radius 3 is 2.46 bits per heavy atom. The van der Waals surface area contributed by atoms with Crippen molar-refractivity contribution in [3.05, 3.63) is 59.4 Å². The number of nitrogens with one attached hydrogen (secondary N) is 1. The molecule has 1 amide bonds. The van der Waals surface area contributed by atoms with Gasteiger partial charge in [0.05, 0.1) is 12.1 Å². The first-order valence-corrected chi connectivity index (χ1v) is 9.10. The molecule has 26 heavy (non-hydrogen) atoms. The van der Waals surface area contributed by atoms with Gasteiger partial charge in [-0.05, 0) is 35.7 Å². The number of ether oxygens (including phenoxy) is 1. The van der Waals surface area contributed by atoms with Crippen molar-refractivity contribution in [3.63, 3.8) is 0 Å². The van der Waals surface area contributed by atoms with E-state index in [1.54, 1.807) is 30.5 Å². The Morgan fingerprint density at radius 1 is 1.15 bits per heavy atom. The first kappa shape index (κ1) is 18.1. The number of benzene rings is 1. The van der Waals surface area contributed by atoms with Gasteiger partial charge in [0.25, 0.3) is 5.24 Å². The summed E-state index contributed by atoms with van der Waals surface area (Å²) in [7, 11) is 0. The first-order chi connectivity index (χ1) is 12.5. The van der Waals surface area contributed by atoms with Crippen LogP contribution in [0.3, 0.4) is 0 Å². The minimum absolute atomic E-state index is 0.103. The Morgan fingerprint density at radius 2 is 1.88 bits per heavy atom. The Bertz CT molecular complexity index is 818. The van der Waals surface area contributed by atoms with Crippen molar-refractivity contribution in [2.24, 2.45) is 0 Å². The topological polar surface area (TPSA) is 85.4 Å². The molecule has 1 N–H and O–H groups in total. The molecule has 0 radical (unpaired) electrons. The highest BCUT2D eigenvalue weighted by atomic mass is 32.2. The lowest BCUT2D eigenvalue weighted by atomic mass is 10.1. The van der Waals surface area contributed by atoms with Crippen molar-refractivity contribution in [2.75, 3.05) is 0 Å². The summed E-state index contributed by atoms with van der Waals surface area (Å²) in [6, 6.07) is 10.2. The molecule has 0 saturated carbocycles. The molecule has 1 aromatic carbocycles. The van der Waals surface area contributed by atoms with E-state index in [1.165, 1.54) is 0 Å². The highest BCUT2D eigenvalue weighted by Crippen LogP contribution is 2.20. The number of rotatable bonds is 6. The van der Waals surface area contributed by atoms with Crippen LogP contribution in [0, 0.1) is 0 Å². The fourth-order valence-electron chi connectivity index (χ4n) is 2.54. The molecule has 1 aliphatic heterocycles. The van der Waals surface area contributed by atoms with Crippen LogP contribution in [0.25, 0.3) is 0 Å². The second-order valence-corrected chi connectivity index (χ2v) is 6.89. The van der Waals surface area contributed by atoms with Gasteiger partial charge in [-0.15, -0.1) is 0 Å². The maximum absolute atomic E-state index is 12.0. The van der Waals surface area contributed by atoms with Crippen LogP contribution in [0.4, 0.5) is 4.79 Å². The van der Waals surface area contributed by atoms with Gasteiger partial charge in [0.2, 0.25) is 5.12 Å². The van der Waals surface area contributed by atoms with Crippen LogP contribution >= 0.6 is 11.8 Å². The number of hydrogen-bond donors (Lipinski definition) is 1. The quantitative estimate of drug-likeness (QED) is 0.622. The smallest absolute Gasteiger partial charge is 0.317 e. The Labute approximate surface area is 155 Å². The van der Waals surface area contributed by atoms with Crippen LogP contribution in [0.2, 0.25) is 0 Å². The number of aromatic nitrogens is 1. The third-order valence-electron chi connectivity index (χ3n) is 3.98. The molecule has 1 aliphatic rings. The number of hydrogen-bond acceptors (Lipinski definition) is 6. The predicted molar refractivity (Wildman–Crippen MR) is 98.0 cm³/mol. The fourth-order valence-corrected chi connectivity index (χ4v) is 3.21. The zero-order chi connectivity index (χ0) is 18.5. The number of carbonyl (C=O) groups excluding carboxylic acids is 3. The Hall–Kier alpha value is -2.67. The van der Waals surface area contributed by atoms with Crippen molar-refractivity contribution in [1.29, 1.82) is 0 Å². The molecule has 1 unspecified atom stereocenters. The summed E-state index contributed by atoms with van der Waals surface area (Å²) in [6.45, 7) is 2.05. The number of thioether (sulfide) groups is 1. The average Bonchev–Trinajstić information content (AvgIpc) is 2.94. The second kappa shape index (κ2) is 8.14. The van der Waals surface area contributed by atoms with E-state index >= 15 is 0 Å². The predicted octanol–water partition coefficient (Wildman–Crippen LogP) is 2.69. The molecule has 1 fully saturated rings. The van der Waals surface area contributed by atoms with Crippen molar-refractivity contribution in [1.82, 2.24) is 10.3 Å². The fraction of sp³-hybridized carbons (Fsp3) is 0.263. The van der Waals surface area contributed by atoms with Gasteiger partial charge >= 0.3 is 5.97 Å². The van der Waals surface area contributed by atoms with Gasteiger partial charge in [-0.2, -0.15) is 0 Å². The van der Waals surface area contributed by atoms with Crippen LogP contribution in [-0.4, -0.2) is 27.3 Å². The van der Waals surface area contributed by atoms with Crippen LogP contribution in [0.1, 0.15) is 23.7 Å². The first-order valence-electron chi connectivity index (χ1n) is 8.29. The van der Waals surface area contributed by atoms with Gasteiger partial charge in [0, 0.05) is 24.4 Å². The summed E-state index contributed by atoms with van der Waals surface area (Å²) in [5.41, 5.74) is 2.66. The summed E-state index contributed by atoms with van der Waals surface area (Å²) >= 11 is 0.698. The maximum Gasteiger partial charge on any atom is 0.317 e. The van der Waals surface area contributed by atoms with Gasteiger partial charge in [-0.1, -0.05) is 25.1 Å². The molecule has 3 rings (SSSR count). The molecule has 7 heteroatoms. The SMILES string of the molecule is CCc1ccc(CC(=O)Oc2ccc(CC3NC(=O)SC3=O)cc2)nc1. The van der Waals surface area contributed by atoms with E-state index in [0.717, 1.165) is 17.5 Å². The number of pyridine rings is 1. The lowest BCUT2D eigenvalue weighted by molar-refractivity contribution is -0.133. The van der Waals surface area contributed by atoms with Crippen LogP contribution in [-0.2, 0) is 28.9 Å². The van der Waals surface area contributed by atoms with Crippen LogP contribution < -0.4 is 10.1 Å². The molecule has 1 aromatic heterocycles. The summed E-state index contributed by atoms with van der Waals surface area (Å²) in [5, 5.41) is 2.13. The molecular formula is C19H18N2O4S. The summed E-state index contributed by atoms with van der Waals surface area (Å²) in [5.74, 6) is 0.0456. The Kier molecular flexibility index (Phi) is 5.68. The van der Waals surface area contributed by atoms with Crippen LogP contribution in [0.15, 0.2) is 42.6 Å². The number of amides is 1. The molecule has 2 heterocycles. The van der Waals surface area contributed by atoms with Crippen molar-refractivity contribution < 1.29 is 19.1 Å². The normalized spacial score (nSPS) is 16.4. The molecule has 0 bridgehead atoms.